The fraction of sp³-hybridized carbons (Fsp3) is 0.438. The van der Waals surface area contributed by atoms with Crippen molar-refractivity contribution in [2.45, 2.75) is 38.9 Å². The Kier molecular flexibility index (Phi) is 5.59. The molecule has 0 bridgehead atoms. The average molecular weight is 260 g/mol. The molecule has 0 aliphatic rings. The number of methoxy groups -OCH3 is 1. The summed E-state index contributed by atoms with van der Waals surface area (Å²) in [5.41, 5.74) is -0.667. The lowest BCUT2D eigenvalue weighted by atomic mass is 9.94. The van der Waals surface area contributed by atoms with Gasteiger partial charge in [-0.1, -0.05) is 43.2 Å². The topological polar surface area (TPSA) is 35.5 Å². The van der Waals surface area contributed by atoms with Crippen LogP contribution < -0.4 is 0 Å². The Morgan fingerprint density at radius 3 is 2.47 bits per heavy atom. The molecule has 2 atom stereocenters. The molecule has 1 rings (SSSR count). The quantitative estimate of drug-likeness (QED) is 0.603. The summed E-state index contributed by atoms with van der Waals surface area (Å²) in [5, 5.41) is 0. The highest BCUT2D eigenvalue weighted by atomic mass is 16.6. The Hall–Kier alpha value is -1.79. The molecule has 0 fully saturated rings. The van der Waals surface area contributed by atoms with Gasteiger partial charge in [0.2, 0.25) is 0 Å². The Morgan fingerprint density at radius 2 is 2.00 bits per heavy atom. The van der Waals surface area contributed by atoms with Gasteiger partial charge in [-0.05, 0) is 20.3 Å². The first-order valence-corrected chi connectivity index (χ1v) is 6.36. The number of hydrogen-bond acceptors (Lipinski definition) is 3. The van der Waals surface area contributed by atoms with Gasteiger partial charge >= 0.3 is 5.97 Å². The van der Waals surface area contributed by atoms with Gasteiger partial charge in [-0.2, -0.15) is 0 Å². The maximum atomic E-state index is 12.4. The molecule has 102 valence electrons. The monoisotopic (exact) mass is 260 g/mol. The molecule has 0 radical (unpaired) electrons. The maximum Gasteiger partial charge on any atom is 0.356 e. The summed E-state index contributed by atoms with van der Waals surface area (Å²) in [7, 11) is 1.47. The molecule has 0 aromatic heterocycles. The van der Waals surface area contributed by atoms with Crippen molar-refractivity contribution in [3.63, 3.8) is 0 Å². The van der Waals surface area contributed by atoms with Crippen LogP contribution in [0.5, 0.6) is 0 Å². The van der Waals surface area contributed by atoms with Crippen LogP contribution in [0.4, 0.5) is 0 Å². The summed E-state index contributed by atoms with van der Waals surface area (Å²) < 4.78 is 10.8. The van der Waals surface area contributed by atoms with E-state index in [9.17, 15) is 4.79 Å². The number of esters is 1. The second-order valence-corrected chi connectivity index (χ2v) is 4.25. The van der Waals surface area contributed by atoms with E-state index in [1.54, 1.807) is 6.92 Å². The van der Waals surface area contributed by atoms with Gasteiger partial charge in [0.1, 0.15) is 0 Å². The summed E-state index contributed by atoms with van der Waals surface area (Å²) in [4.78, 5) is 12.4. The number of carbonyl (C=O) groups is 1. The molecular weight excluding hydrogens is 240 g/mol. The van der Waals surface area contributed by atoms with E-state index in [0.717, 1.165) is 6.42 Å². The van der Waals surface area contributed by atoms with Crippen LogP contribution in [0, 0.1) is 11.8 Å². The Labute approximate surface area is 114 Å². The average Bonchev–Trinajstić information content (AvgIpc) is 2.45. The molecule has 1 unspecified atom stereocenters. The van der Waals surface area contributed by atoms with E-state index in [1.165, 1.54) is 7.11 Å². The van der Waals surface area contributed by atoms with Crippen molar-refractivity contribution in [3.8, 4) is 11.8 Å². The predicted molar refractivity (Wildman–Crippen MR) is 74.4 cm³/mol. The molecule has 0 aliphatic carbocycles. The van der Waals surface area contributed by atoms with E-state index in [4.69, 9.17) is 9.47 Å². The third kappa shape index (κ3) is 3.36. The molecule has 3 nitrogen and oxygen atoms in total. The molecule has 0 spiro atoms. The number of ether oxygens (including phenoxy) is 2. The van der Waals surface area contributed by atoms with Crippen LogP contribution in [0.3, 0.4) is 0 Å². The smallest absolute Gasteiger partial charge is 0.356 e. The summed E-state index contributed by atoms with van der Waals surface area (Å²) in [5.74, 6) is 5.13. The van der Waals surface area contributed by atoms with Crippen LogP contribution in [0.1, 0.15) is 32.8 Å². The fourth-order valence-electron chi connectivity index (χ4n) is 1.69. The van der Waals surface area contributed by atoms with Gasteiger partial charge in [-0.15, -0.1) is 5.92 Å². The summed E-state index contributed by atoms with van der Waals surface area (Å²) in [6, 6.07) is 9.19. The second kappa shape index (κ2) is 6.96. The number of carbonyl (C=O) groups excluding carboxylic acids is 1. The maximum absolute atomic E-state index is 12.4. The van der Waals surface area contributed by atoms with Gasteiger partial charge in [-0.25, -0.2) is 4.79 Å². The minimum atomic E-state index is -1.35. The van der Waals surface area contributed by atoms with Crippen molar-refractivity contribution in [3.05, 3.63) is 35.9 Å². The Bertz CT molecular complexity index is 470. The zero-order valence-corrected chi connectivity index (χ0v) is 11.9. The fourth-order valence-corrected chi connectivity index (χ4v) is 1.69. The standard InChI is InChI=1S/C16H20O3/c1-5-12-16(18-4,14-10-8-7-9-11-14)15(17)19-13(3)6-2/h7-11,13H,6H2,1-4H3/t13?,16-/m0/s1. The summed E-state index contributed by atoms with van der Waals surface area (Å²) in [6.07, 6.45) is 0.587. The van der Waals surface area contributed by atoms with Gasteiger partial charge in [0.25, 0.3) is 5.60 Å². The second-order valence-electron chi connectivity index (χ2n) is 4.25. The highest BCUT2D eigenvalue weighted by molar-refractivity contribution is 5.85. The van der Waals surface area contributed by atoms with Crippen LogP contribution in [0.15, 0.2) is 30.3 Å². The lowest BCUT2D eigenvalue weighted by molar-refractivity contribution is -0.168. The minimum absolute atomic E-state index is 0.163. The first-order valence-electron chi connectivity index (χ1n) is 6.36. The van der Waals surface area contributed by atoms with Gasteiger partial charge in [0.05, 0.1) is 6.10 Å². The van der Waals surface area contributed by atoms with Crippen molar-refractivity contribution >= 4 is 5.97 Å². The highest BCUT2D eigenvalue weighted by Crippen LogP contribution is 2.27. The van der Waals surface area contributed by atoms with Crippen molar-refractivity contribution in [2.75, 3.05) is 7.11 Å². The lowest BCUT2D eigenvalue weighted by Crippen LogP contribution is -2.39. The van der Waals surface area contributed by atoms with Crippen molar-refractivity contribution in [1.82, 2.24) is 0 Å². The molecule has 0 N–H and O–H groups in total. The van der Waals surface area contributed by atoms with Crippen molar-refractivity contribution in [2.24, 2.45) is 0 Å². The van der Waals surface area contributed by atoms with Crippen LogP contribution in [-0.4, -0.2) is 19.2 Å². The van der Waals surface area contributed by atoms with Crippen molar-refractivity contribution in [1.29, 1.82) is 0 Å². The lowest BCUT2D eigenvalue weighted by Gasteiger charge is -2.26. The summed E-state index contributed by atoms with van der Waals surface area (Å²) in [6.45, 7) is 5.48. The number of hydrogen-bond donors (Lipinski definition) is 0. The van der Waals surface area contributed by atoms with E-state index in [2.05, 4.69) is 11.8 Å². The minimum Gasteiger partial charge on any atom is -0.460 e. The Balaban J connectivity index is 3.19. The molecular formula is C16H20O3. The number of rotatable bonds is 5. The third-order valence-electron chi connectivity index (χ3n) is 2.96. The zero-order valence-electron chi connectivity index (χ0n) is 11.9. The SMILES string of the molecule is CC#C[C@@](OC)(C(=O)OC(C)CC)c1ccccc1. The number of benzene rings is 1. The first kappa shape index (κ1) is 15.3. The molecule has 0 amide bonds. The molecule has 0 saturated heterocycles. The molecule has 1 aromatic carbocycles. The van der Waals surface area contributed by atoms with E-state index in [-0.39, 0.29) is 6.10 Å². The van der Waals surface area contributed by atoms with E-state index in [1.807, 2.05) is 44.2 Å². The highest BCUT2D eigenvalue weighted by Gasteiger charge is 2.41. The Morgan fingerprint density at radius 1 is 1.37 bits per heavy atom. The molecule has 0 aliphatic heterocycles. The zero-order chi connectivity index (χ0) is 14.3. The molecule has 0 heterocycles. The van der Waals surface area contributed by atoms with Gasteiger partial charge in [0.15, 0.2) is 0 Å². The van der Waals surface area contributed by atoms with Gasteiger partial charge in [0, 0.05) is 12.7 Å². The van der Waals surface area contributed by atoms with E-state index < -0.39 is 11.6 Å². The summed E-state index contributed by atoms with van der Waals surface area (Å²) >= 11 is 0. The molecule has 3 heteroatoms. The van der Waals surface area contributed by atoms with E-state index in [0.29, 0.717) is 5.56 Å². The third-order valence-corrected chi connectivity index (χ3v) is 2.96. The van der Waals surface area contributed by atoms with Crippen molar-refractivity contribution < 1.29 is 14.3 Å². The van der Waals surface area contributed by atoms with Crippen LogP contribution in [0.25, 0.3) is 0 Å². The molecule has 19 heavy (non-hydrogen) atoms. The van der Waals surface area contributed by atoms with Crippen LogP contribution >= 0.6 is 0 Å². The van der Waals surface area contributed by atoms with Gasteiger partial charge in [-0.3, -0.25) is 0 Å². The first-order chi connectivity index (χ1) is 9.10. The molecule has 1 aromatic rings. The normalized spacial score (nSPS) is 14.7. The predicted octanol–water partition coefficient (Wildman–Crippen LogP) is 2.89. The van der Waals surface area contributed by atoms with E-state index >= 15 is 0 Å². The van der Waals surface area contributed by atoms with Crippen LogP contribution in [0.2, 0.25) is 0 Å². The molecule has 0 saturated carbocycles. The largest absolute Gasteiger partial charge is 0.460 e. The van der Waals surface area contributed by atoms with Crippen LogP contribution in [-0.2, 0) is 19.9 Å². The van der Waals surface area contributed by atoms with Gasteiger partial charge < -0.3 is 9.47 Å².